The lowest BCUT2D eigenvalue weighted by Crippen LogP contribution is -2.29. The van der Waals surface area contributed by atoms with Gasteiger partial charge < -0.3 is 5.73 Å². The van der Waals surface area contributed by atoms with Crippen molar-refractivity contribution in [3.05, 3.63) is 23.2 Å². The number of nitrogens with one attached hydrogen (secondary N) is 1. The molecule has 0 saturated carbocycles. The molecule has 0 aliphatic rings. The maximum absolute atomic E-state index is 12.0. The summed E-state index contributed by atoms with van der Waals surface area (Å²) in [7, 11) is -3.50. The number of hydrogen-bond donors (Lipinski definition) is 2. The van der Waals surface area contributed by atoms with E-state index in [1.165, 1.54) is 18.2 Å². The van der Waals surface area contributed by atoms with E-state index in [1.807, 2.05) is 13.8 Å². The first kappa shape index (κ1) is 15.3. The van der Waals surface area contributed by atoms with Crippen LogP contribution in [0.4, 0.5) is 5.69 Å². The molecule has 102 valence electrons. The van der Waals surface area contributed by atoms with Crippen molar-refractivity contribution in [2.45, 2.75) is 31.6 Å². The van der Waals surface area contributed by atoms with Crippen LogP contribution in [0.3, 0.4) is 0 Å². The number of nitrogen functional groups attached to an aromatic ring is 1. The minimum atomic E-state index is -3.50. The summed E-state index contributed by atoms with van der Waals surface area (Å²) in [6.07, 6.45) is 1.89. The third-order valence-corrected chi connectivity index (χ3v) is 4.76. The van der Waals surface area contributed by atoms with Gasteiger partial charge in [-0.15, -0.1) is 0 Å². The first-order valence-corrected chi connectivity index (χ1v) is 7.81. The molecule has 4 nitrogen and oxygen atoms in total. The summed E-state index contributed by atoms with van der Waals surface area (Å²) in [4.78, 5) is 0.148. The second-order valence-corrected chi connectivity index (χ2v) is 6.39. The van der Waals surface area contributed by atoms with Gasteiger partial charge in [-0.25, -0.2) is 13.1 Å². The van der Waals surface area contributed by atoms with Gasteiger partial charge in [0.25, 0.3) is 0 Å². The van der Waals surface area contributed by atoms with Gasteiger partial charge in [-0.2, -0.15) is 0 Å². The molecule has 0 amide bonds. The molecule has 0 aliphatic heterocycles. The number of hydrogen-bond acceptors (Lipinski definition) is 3. The van der Waals surface area contributed by atoms with E-state index in [1.54, 1.807) is 0 Å². The zero-order valence-electron chi connectivity index (χ0n) is 10.6. The molecule has 18 heavy (non-hydrogen) atoms. The second kappa shape index (κ2) is 6.41. The van der Waals surface area contributed by atoms with Crippen LogP contribution in [0.2, 0.25) is 5.02 Å². The quantitative estimate of drug-likeness (QED) is 0.791. The molecule has 1 rings (SSSR count). The van der Waals surface area contributed by atoms with Crippen molar-refractivity contribution in [2.24, 2.45) is 5.92 Å². The highest BCUT2D eigenvalue weighted by Crippen LogP contribution is 2.22. The third kappa shape index (κ3) is 3.86. The molecular weight excluding hydrogens is 272 g/mol. The first-order chi connectivity index (χ1) is 8.40. The highest BCUT2D eigenvalue weighted by atomic mass is 35.5. The number of anilines is 1. The van der Waals surface area contributed by atoms with Crippen LogP contribution in [0.5, 0.6) is 0 Å². The standard InChI is InChI=1S/C12H19ClN2O2S/c1-3-9(4-2)8-15-18(16,17)10-5-6-11(13)12(14)7-10/h5-7,9,15H,3-4,8,14H2,1-2H3. The molecule has 0 bridgehead atoms. The van der Waals surface area contributed by atoms with Crippen LogP contribution < -0.4 is 10.5 Å². The molecule has 0 radical (unpaired) electrons. The zero-order valence-corrected chi connectivity index (χ0v) is 12.2. The van der Waals surface area contributed by atoms with Gasteiger partial charge in [-0.1, -0.05) is 38.3 Å². The maximum Gasteiger partial charge on any atom is 0.240 e. The van der Waals surface area contributed by atoms with Gasteiger partial charge in [0.1, 0.15) is 0 Å². The van der Waals surface area contributed by atoms with E-state index >= 15 is 0 Å². The van der Waals surface area contributed by atoms with Gasteiger partial charge in [0.05, 0.1) is 15.6 Å². The smallest absolute Gasteiger partial charge is 0.240 e. The first-order valence-electron chi connectivity index (χ1n) is 5.95. The Morgan fingerprint density at radius 3 is 2.44 bits per heavy atom. The van der Waals surface area contributed by atoms with Crippen LogP contribution in [0.25, 0.3) is 0 Å². The molecule has 0 heterocycles. The van der Waals surface area contributed by atoms with Crippen LogP contribution in [-0.4, -0.2) is 15.0 Å². The topological polar surface area (TPSA) is 72.2 Å². The summed E-state index contributed by atoms with van der Waals surface area (Å²) >= 11 is 5.76. The van der Waals surface area contributed by atoms with Gasteiger partial charge in [-0.3, -0.25) is 0 Å². The highest BCUT2D eigenvalue weighted by molar-refractivity contribution is 7.89. The van der Waals surface area contributed by atoms with Crippen molar-refractivity contribution < 1.29 is 8.42 Å². The lowest BCUT2D eigenvalue weighted by atomic mass is 10.0. The molecule has 6 heteroatoms. The van der Waals surface area contributed by atoms with E-state index in [9.17, 15) is 8.42 Å². The molecule has 0 saturated heterocycles. The van der Waals surface area contributed by atoms with Crippen molar-refractivity contribution in [1.29, 1.82) is 0 Å². The lowest BCUT2D eigenvalue weighted by Gasteiger charge is -2.14. The SMILES string of the molecule is CCC(CC)CNS(=O)(=O)c1ccc(Cl)c(N)c1. The summed E-state index contributed by atoms with van der Waals surface area (Å²) in [5.74, 6) is 0.351. The second-order valence-electron chi connectivity index (χ2n) is 4.22. The van der Waals surface area contributed by atoms with Gasteiger partial charge in [0.15, 0.2) is 0 Å². The minimum absolute atomic E-state index is 0.148. The molecule has 1 aromatic rings. The predicted octanol–water partition coefficient (Wildman–Crippen LogP) is 2.64. The number of rotatable bonds is 6. The highest BCUT2D eigenvalue weighted by Gasteiger charge is 2.16. The van der Waals surface area contributed by atoms with E-state index in [4.69, 9.17) is 17.3 Å². The predicted molar refractivity (Wildman–Crippen MR) is 75.1 cm³/mol. The monoisotopic (exact) mass is 290 g/mol. The van der Waals surface area contributed by atoms with Crippen molar-refractivity contribution >= 4 is 27.3 Å². The fraction of sp³-hybridized carbons (Fsp3) is 0.500. The molecule has 1 aromatic carbocycles. The zero-order chi connectivity index (χ0) is 13.8. The Bertz CT molecular complexity index is 499. The van der Waals surface area contributed by atoms with Crippen molar-refractivity contribution in [3.8, 4) is 0 Å². The fourth-order valence-corrected chi connectivity index (χ4v) is 2.85. The number of benzene rings is 1. The third-order valence-electron chi connectivity index (χ3n) is 2.99. The molecule has 3 N–H and O–H groups in total. The van der Waals surface area contributed by atoms with E-state index in [0.717, 1.165) is 12.8 Å². The molecule has 0 aliphatic carbocycles. The summed E-state index contributed by atoms with van der Waals surface area (Å²) in [6.45, 7) is 4.53. The Kier molecular flexibility index (Phi) is 5.44. The summed E-state index contributed by atoms with van der Waals surface area (Å²) < 4.78 is 26.6. The number of nitrogens with two attached hydrogens (primary N) is 1. The minimum Gasteiger partial charge on any atom is -0.397 e. The van der Waals surface area contributed by atoms with E-state index in [2.05, 4.69) is 4.72 Å². The van der Waals surface area contributed by atoms with E-state index < -0.39 is 10.0 Å². The van der Waals surface area contributed by atoms with Gasteiger partial charge >= 0.3 is 0 Å². The molecule has 0 unspecified atom stereocenters. The van der Waals surface area contributed by atoms with Crippen LogP contribution in [0, 0.1) is 5.92 Å². The molecule has 0 aromatic heterocycles. The fourth-order valence-electron chi connectivity index (χ4n) is 1.58. The summed E-state index contributed by atoms with van der Waals surface area (Å²) in [5.41, 5.74) is 5.87. The van der Waals surface area contributed by atoms with Crippen LogP contribution in [0.1, 0.15) is 26.7 Å². The van der Waals surface area contributed by atoms with E-state index in [-0.39, 0.29) is 10.6 Å². The lowest BCUT2D eigenvalue weighted by molar-refractivity contribution is 0.479. The van der Waals surface area contributed by atoms with Crippen molar-refractivity contribution in [3.63, 3.8) is 0 Å². The Morgan fingerprint density at radius 1 is 1.33 bits per heavy atom. The normalized spacial score (nSPS) is 12.0. The van der Waals surface area contributed by atoms with Crippen molar-refractivity contribution in [1.82, 2.24) is 4.72 Å². The Balaban J connectivity index is 2.83. The summed E-state index contributed by atoms with van der Waals surface area (Å²) in [6, 6.07) is 4.31. The average molecular weight is 291 g/mol. The Morgan fingerprint density at radius 2 is 1.94 bits per heavy atom. The summed E-state index contributed by atoms with van der Waals surface area (Å²) in [5, 5.41) is 0.356. The molecule has 0 atom stereocenters. The largest absolute Gasteiger partial charge is 0.397 e. The van der Waals surface area contributed by atoms with Gasteiger partial charge in [-0.05, 0) is 24.1 Å². The van der Waals surface area contributed by atoms with Gasteiger partial charge in [0.2, 0.25) is 10.0 Å². The molecular formula is C12H19ClN2O2S. The number of sulfonamides is 1. The van der Waals surface area contributed by atoms with Gasteiger partial charge in [0, 0.05) is 6.54 Å². The average Bonchev–Trinajstić information content (AvgIpc) is 2.33. The van der Waals surface area contributed by atoms with Crippen LogP contribution >= 0.6 is 11.6 Å². The number of halogens is 1. The van der Waals surface area contributed by atoms with Crippen molar-refractivity contribution in [2.75, 3.05) is 12.3 Å². The Labute approximate surface area is 114 Å². The Hall–Kier alpha value is -0.780. The molecule has 0 fully saturated rings. The van der Waals surface area contributed by atoms with Crippen LogP contribution in [0.15, 0.2) is 23.1 Å². The molecule has 0 spiro atoms. The maximum atomic E-state index is 12.0. The van der Waals surface area contributed by atoms with Crippen LogP contribution in [-0.2, 0) is 10.0 Å². The van der Waals surface area contributed by atoms with E-state index in [0.29, 0.717) is 17.5 Å².